The van der Waals surface area contributed by atoms with Gasteiger partial charge in [0.1, 0.15) is 6.10 Å². The first-order valence-corrected chi connectivity index (χ1v) is 8.82. The van der Waals surface area contributed by atoms with E-state index in [9.17, 15) is 9.59 Å². The Morgan fingerprint density at radius 1 is 1.15 bits per heavy atom. The zero-order valence-electron chi connectivity index (χ0n) is 14.8. The number of azide groups is 1. The Bertz CT molecular complexity index is 835. The maximum Gasteiger partial charge on any atom is 0.338 e. The van der Waals surface area contributed by atoms with Gasteiger partial charge in [0.2, 0.25) is 5.91 Å². The standard InChI is InChI=1S/C20H20N4O3/c21-23-22-18-17(27-20(26)16-10-5-2-6-11-16)12-7-13-24(19(18)25)14-15-8-3-1-4-9-15/h1-6,8-11,17-18H,7,12-14H2/t17-,18+/m1/s1. The van der Waals surface area contributed by atoms with Crippen LogP contribution in [-0.4, -0.2) is 35.5 Å². The van der Waals surface area contributed by atoms with Crippen LogP contribution in [0.1, 0.15) is 28.8 Å². The van der Waals surface area contributed by atoms with Gasteiger partial charge >= 0.3 is 5.97 Å². The number of ether oxygens (including phenoxy) is 1. The van der Waals surface area contributed by atoms with Gasteiger partial charge in [0, 0.05) is 18.0 Å². The quantitative estimate of drug-likeness (QED) is 0.350. The molecule has 2 aromatic carbocycles. The van der Waals surface area contributed by atoms with Crippen LogP contribution >= 0.6 is 0 Å². The molecule has 0 radical (unpaired) electrons. The minimum Gasteiger partial charge on any atom is -0.458 e. The highest BCUT2D eigenvalue weighted by Crippen LogP contribution is 2.22. The number of rotatable bonds is 5. The zero-order chi connectivity index (χ0) is 19.1. The smallest absolute Gasteiger partial charge is 0.338 e. The van der Waals surface area contributed by atoms with Crippen molar-refractivity contribution in [1.82, 2.24) is 4.90 Å². The predicted molar refractivity (Wildman–Crippen MR) is 99.7 cm³/mol. The molecule has 0 N–H and O–H groups in total. The Labute approximate surface area is 157 Å². The summed E-state index contributed by atoms with van der Waals surface area (Å²) in [6, 6.07) is 17.1. The van der Waals surface area contributed by atoms with E-state index in [1.165, 1.54) is 0 Å². The Kier molecular flexibility index (Phi) is 6.07. The van der Waals surface area contributed by atoms with Crippen molar-refractivity contribution in [1.29, 1.82) is 0 Å². The predicted octanol–water partition coefficient (Wildman–Crippen LogP) is 3.71. The van der Waals surface area contributed by atoms with Crippen LogP contribution in [-0.2, 0) is 16.1 Å². The molecule has 0 spiro atoms. The van der Waals surface area contributed by atoms with Gasteiger partial charge in [-0.1, -0.05) is 53.6 Å². The minimum atomic E-state index is -1.06. The maximum atomic E-state index is 12.9. The molecular formula is C20H20N4O3. The summed E-state index contributed by atoms with van der Waals surface area (Å²) in [6.07, 6.45) is 0.337. The third-order valence-corrected chi connectivity index (χ3v) is 4.49. The van der Waals surface area contributed by atoms with Crippen molar-refractivity contribution >= 4 is 11.9 Å². The van der Waals surface area contributed by atoms with Gasteiger partial charge in [-0.25, -0.2) is 4.79 Å². The summed E-state index contributed by atoms with van der Waals surface area (Å²) in [6.45, 7) is 0.945. The van der Waals surface area contributed by atoms with Crippen LogP contribution in [0.5, 0.6) is 0 Å². The maximum absolute atomic E-state index is 12.9. The average molecular weight is 364 g/mol. The molecule has 3 rings (SSSR count). The summed E-state index contributed by atoms with van der Waals surface area (Å²) in [4.78, 5) is 29.8. The van der Waals surface area contributed by atoms with Gasteiger partial charge in [0.15, 0.2) is 6.04 Å². The molecule has 1 aliphatic heterocycles. The fourth-order valence-electron chi connectivity index (χ4n) is 3.14. The van der Waals surface area contributed by atoms with Crippen LogP contribution in [0.3, 0.4) is 0 Å². The highest BCUT2D eigenvalue weighted by molar-refractivity contribution is 5.90. The number of esters is 1. The molecule has 0 saturated carbocycles. The molecule has 2 atom stereocenters. The Balaban J connectivity index is 1.76. The van der Waals surface area contributed by atoms with Gasteiger partial charge in [-0.2, -0.15) is 0 Å². The number of hydrogen-bond acceptors (Lipinski definition) is 4. The highest BCUT2D eigenvalue weighted by atomic mass is 16.5. The Morgan fingerprint density at radius 3 is 2.48 bits per heavy atom. The zero-order valence-corrected chi connectivity index (χ0v) is 14.8. The van der Waals surface area contributed by atoms with Crippen molar-refractivity contribution in [3.8, 4) is 0 Å². The summed E-state index contributed by atoms with van der Waals surface area (Å²) in [5, 5.41) is 3.66. The van der Waals surface area contributed by atoms with Crippen molar-refractivity contribution in [2.24, 2.45) is 5.11 Å². The summed E-state index contributed by atoms with van der Waals surface area (Å²) in [7, 11) is 0. The summed E-state index contributed by atoms with van der Waals surface area (Å²) >= 11 is 0. The molecule has 0 unspecified atom stereocenters. The number of carbonyl (C=O) groups is 2. The Morgan fingerprint density at radius 2 is 1.81 bits per heavy atom. The second-order valence-corrected chi connectivity index (χ2v) is 6.35. The summed E-state index contributed by atoms with van der Waals surface area (Å²) in [5.74, 6) is -0.844. The lowest BCUT2D eigenvalue weighted by Crippen LogP contribution is -2.42. The molecule has 7 nitrogen and oxygen atoms in total. The summed E-state index contributed by atoms with van der Waals surface area (Å²) < 4.78 is 5.54. The lowest BCUT2D eigenvalue weighted by Gasteiger charge is -2.25. The number of nitrogens with zero attached hydrogens (tertiary/aromatic N) is 4. The first kappa shape index (κ1) is 18.5. The molecule has 2 aromatic rings. The number of likely N-dealkylation sites (tertiary alicyclic amines) is 1. The van der Waals surface area contributed by atoms with Gasteiger partial charge in [0.05, 0.1) is 5.56 Å². The molecule has 138 valence electrons. The van der Waals surface area contributed by atoms with Gasteiger partial charge < -0.3 is 9.64 Å². The fraction of sp³-hybridized carbons (Fsp3) is 0.300. The van der Waals surface area contributed by atoms with Crippen LogP contribution < -0.4 is 0 Å². The molecule has 1 amide bonds. The van der Waals surface area contributed by atoms with E-state index in [2.05, 4.69) is 10.0 Å². The van der Waals surface area contributed by atoms with Crippen molar-refractivity contribution in [2.75, 3.05) is 6.54 Å². The van der Waals surface area contributed by atoms with E-state index < -0.39 is 18.1 Å². The first-order valence-electron chi connectivity index (χ1n) is 8.82. The minimum absolute atomic E-state index is 0.319. The van der Waals surface area contributed by atoms with E-state index >= 15 is 0 Å². The molecule has 1 fully saturated rings. The SMILES string of the molecule is [N-]=[N+]=N[C@@H]1C(=O)N(Cc2ccccc2)CCC[C@H]1OC(=O)c1ccccc1. The Hall–Kier alpha value is -3.31. The second kappa shape index (κ2) is 8.87. The van der Waals surface area contributed by atoms with Crippen molar-refractivity contribution < 1.29 is 14.3 Å². The van der Waals surface area contributed by atoms with Crippen molar-refractivity contribution in [3.05, 3.63) is 82.2 Å². The topological polar surface area (TPSA) is 95.4 Å². The van der Waals surface area contributed by atoms with E-state index in [1.54, 1.807) is 35.2 Å². The molecular weight excluding hydrogens is 344 g/mol. The van der Waals surface area contributed by atoms with Crippen LogP contribution in [0, 0.1) is 0 Å². The monoisotopic (exact) mass is 364 g/mol. The normalized spacial score (nSPS) is 19.7. The van der Waals surface area contributed by atoms with Crippen molar-refractivity contribution in [2.45, 2.75) is 31.5 Å². The molecule has 1 aliphatic rings. The largest absolute Gasteiger partial charge is 0.458 e. The van der Waals surface area contributed by atoms with E-state index in [0.717, 1.165) is 5.56 Å². The third kappa shape index (κ3) is 4.65. The van der Waals surface area contributed by atoms with E-state index in [-0.39, 0.29) is 5.91 Å². The third-order valence-electron chi connectivity index (χ3n) is 4.49. The highest BCUT2D eigenvalue weighted by Gasteiger charge is 2.36. The lowest BCUT2D eigenvalue weighted by atomic mass is 10.1. The van der Waals surface area contributed by atoms with Gasteiger partial charge in [-0.15, -0.1) is 0 Å². The molecule has 7 heteroatoms. The van der Waals surface area contributed by atoms with Crippen LogP contribution in [0.2, 0.25) is 0 Å². The van der Waals surface area contributed by atoms with E-state index in [4.69, 9.17) is 10.3 Å². The van der Waals surface area contributed by atoms with Gasteiger partial charge in [-0.3, -0.25) is 4.79 Å². The van der Waals surface area contributed by atoms with Crippen LogP contribution in [0.4, 0.5) is 0 Å². The number of benzene rings is 2. The van der Waals surface area contributed by atoms with E-state index in [1.807, 2.05) is 30.3 Å². The molecule has 1 heterocycles. The number of carbonyl (C=O) groups excluding carboxylic acids is 2. The van der Waals surface area contributed by atoms with Gasteiger partial charge in [0.25, 0.3) is 0 Å². The molecule has 0 bridgehead atoms. The molecule has 0 aromatic heterocycles. The lowest BCUT2D eigenvalue weighted by molar-refractivity contribution is -0.134. The molecule has 27 heavy (non-hydrogen) atoms. The van der Waals surface area contributed by atoms with Crippen LogP contribution in [0.25, 0.3) is 10.4 Å². The molecule has 0 aliphatic carbocycles. The summed E-state index contributed by atoms with van der Waals surface area (Å²) in [5.41, 5.74) is 10.3. The van der Waals surface area contributed by atoms with Gasteiger partial charge in [-0.05, 0) is 36.1 Å². The second-order valence-electron chi connectivity index (χ2n) is 6.35. The number of hydrogen-bond donors (Lipinski definition) is 0. The average Bonchev–Trinajstić information content (AvgIpc) is 2.84. The fourth-order valence-corrected chi connectivity index (χ4v) is 3.14. The van der Waals surface area contributed by atoms with Crippen LogP contribution in [0.15, 0.2) is 65.8 Å². The van der Waals surface area contributed by atoms with E-state index in [0.29, 0.717) is 31.5 Å². The number of amides is 1. The van der Waals surface area contributed by atoms with Crippen molar-refractivity contribution in [3.63, 3.8) is 0 Å². The first-order chi connectivity index (χ1) is 13.2. The molecule has 1 saturated heterocycles.